The van der Waals surface area contributed by atoms with Crippen LogP contribution in [0.4, 0.5) is 8.78 Å². The number of carboxylic acids is 1. The Bertz CT molecular complexity index is 478. The standard InChI is InChI=1S/C13H19F2N3O2/c1-2-13(11(19)20)4-3-6-17(9-13)8-10-16-5-7-18(10)12(14)15/h5,7,12H,2-4,6,8-9H2,1H3,(H,19,20). The first-order valence-electron chi connectivity index (χ1n) is 6.74. The van der Waals surface area contributed by atoms with E-state index in [9.17, 15) is 18.7 Å². The van der Waals surface area contributed by atoms with Gasteiger partial charge in [0, 0.05) is 18.9 Å². The first-order chi connectivity index (χ1) is 9.48. The van der Waals surface area contributed by atoms with Crippen LogP contribution >= 0.6 is 0 Å². The van der Waals surface area contributed by atoms with Gasteiger partial charge in [-0.2, -0.15) is 8.78 Å². The van der Waals surface area contributed by atoms with E-state index in [1.54, 1.807) is 0 Å². The third kappa shape index (κ3) is 2.82. The minimum atomic E-state index is -2.62. The number of alkyl halides is 2. The smallest absolute Gasteiger partial charge is 0.319 e. The molecule has 112 valence electrons. The zero-order chi connectivity index (χ0) is 14.8. The van der Waals surface area contributed by atoms with Crippen molar-refractivity contribution in [3.05, 3.63) is 18.2 Å². The van der Waals surface area contributed by atoms with Gasteiger partial charge in [-0.3, -0.25) is 14.3 Å². The van der Waals surface area contributed by atoms with E-state index in [1.807, 2.05) is 11.8 Å². The van der Waals surface area contributed by atoms with Crippen molar-refractivity contribution in [2.24, 2.45) is 5.41 Å². The van der Waals surface area contributed by atoms with Crippen molar-refractivity contribution in [2.45, 2.75) is 39.3 Å². The molecule has 0 amide bonds. The molecule has 7 heteroatoms. The quantitative estimate of drug-likeness (QED) is 0.903. The molecule has 5 nitrogen and oxygen atoms in total. The van der Waals surface area contributed by atoms with Gasteiger partial charge in [-0.05, 0) is 25.8 Å². The number of nitrogens with zero attached hydrogens (tertiary/aromatic N) is 3. The van der Waals surface area contributed by atoms with Crippen molar-refractivity contribution < 1.29 is 18.7 Å². The largest absolute Gasteiger partial charge is 0.481 e. The molecule has 0 radical (unpaired) electrons. The van der Waals surface area contributed by atoms with Crippen LogP contribution < -0.4 is 0 Å². The van der Waals surface area contributed by atoms with E-state index >= 15 is 0 Å². The summed E-state index contributed by atoms with van der Waals surface area (Å²) in [6, 6.07) is 0. The summed E-state index contributed by atoms with van der Waals surface area (Å²) < 4.78 is 26.4. The van der Waals surface area contributed by atoms with Gasteiger partial charge in [-0.1, -0.05) is 6.92 Å². The monoisotopic (exact) mass is 287 g/mol. The Balaban J connectivity index is 2.10. The second-order valence-electron chi connectivity index (χ2n) is 5.28. The van der Waals surface area contributed by atoms with Crippen LogP contribution in [-0.2, 0) is 11.3 Å². The summed E-state index contributed by atoms with van der Waals surface area (Å²) in [5.74, 6) is -0.529. The fourth-order valence-electron chi connectivity index (χ4n) is 2.82. The van der Waals surface area contributed by atoms with Crippen LogP contribution in [-0.4, -0.2) is 38.6 Å². The lowest BCUT2D eigenvalue weighted by atomic mass is 9.77. The number of piperidine rings is 1. The van der Waals surface area contributed by atoms with Gasteiger partial charge in [0.05, 0.1) is 12.0 Å². The van der Waals surface area contributed by atoms with E-state index < -0.39 is 17.9 Å². The normalized spacial score (nSPS) is 24.2. The maximum atomic E-state index is 12.8. The van der Waals surface area contributed by atoms with Gasteiger partial charge in [0.1, 0.15) is 5.82 Å². The third-order valence-electron chi connectivity index (χ3n) is 4.11. The maximum Gasteiger partial charge on any atom is 0.319 e. The van der Waals surface area contributed by atoms with E-state index in [4.69, 9.17) is 0 Å². The van der Waals surface area contributed by atoms with E-state index in [0.717, 1.165) is 11.0 Å². The number of rotatable bonds is 5. The Kier molecular flexibility index (Phi) is 4.37. The molecule has 1 aliphatic heterocycles. The van der Waals surface area contributed by atoms with Gasteiger partial charge in [-0.25, -0.2) is 4.98 Å². The Morgan fingerprint density at radius 1 is 1.60 bits per heavy atom. The van der Waals surface area contributed by atoms with E-state index in [-0.39, 0.29) is 12.4 Å². The molecule has 2 heterocycles. The average molecular weight is 287 g/mol. The minimum Gasteiger partial charge on any atom is -0.481 e. The Hall–Kier alpha value is -1.50. The molecule has 0 bridgehead atoms. The molecule has 20 heavy (non-hydrogen) atoms. The summed E-state index contributed by atoms with van der Waals surface area (Å²) in [5.41, 5.74) is -0.763. The molecule has 1 aromatic rings. The first kappa shape index (κ1) is 14.9. The fourth-order valence-corrected chi connectivity index (χ4v) is 2.82. The van der Waals surface area contributed by atoms with Crippen molar-refractivity contribution in [3.63, 3.8) is 0 Å². The average Bonchev–Trinajstić information content (AvgIpc) is 2.87. The van der Waals surface area contributed by atoms with Gasteiger partial charge in [0.2, 0.25) is 0 Å². The number of aromatic nitrogens is 2. The summed E-state index contributed by atoms with van der Waals surface area (Å²) in [6.07, 6.45) is 4.53. The topological polar surface area (TPSA) is 58.4 Å². The second-order valence-corrected chi connectivity index (χ2v) is 5.28. The van der Waals surface area contributed by atoms with Crippen molar-refractivity contribution >= 4 is 5.97 Å². The molecular weight excluding hydrogens is 268 g/mol. The van der Waals surface area contributed by atoms with Crippen LogP contribution in [0.5, 0.6) is 0 Å². The van der Waals surface area contributed by atoms with Crippen molar-refractivity contribution in [2.75, 3.05) is 13.1 Å². The van der Waals surface area contributed by atoms with Gasteiger partial charge in [-0.15, -0.1) is 0 Å². The van der Waals surface area contributed by atoms with Crippen LogP contribution in [0.1, 0.15) is 38.6 Å². The Morgan fingerprint density at radius 2 is 2.35 bits per heavy atom. The molecular formula is C13H19F2N3O2. The molecule has 1 aromatic heterocycles. The highest BCUT2D eigenvalue weighted by atomic mass is 19.3. The molecule has 1 unspecified atom stereocenters. The lowest BCUT2D eigenvalue weighted by molar-refractivity contribution is -0.153. The number of hydrogen-bond acceptors (Lipinski definition) is 3. The van der Waals surface area contributed by atoms with Crippen LogP contribution in [0, 0.1) is 5.41 Å². The van der Waals surface area contributed by atoms with Crippen LogP contribution in [0.2, 0.25) is 0 Å². The molecule has 1 saturated heterocycles. The predicted octanol–water partition coefficient (Wildman–Crippen LogP) is 2.36. The van der Waals surface area contributed by atoms with E-state index in [0.29, 0.717) is 25.9 Å². The van der Waals surface area contributed by atoms with Gasteiger partial charge in [0.25, 0.3) is 0 Å². The zero-order valence-electron chi connectivity index (χ0n) is 11.4. The molecule has 1 aliphatic rings. The Morgan fingerprint density at radius 3 is 2.95 bits per heavy atom. The molecule has 2 rings (SSSR count). The summed E-state index contributed by atoms with van der Waals surface area (Å²) in [5, 5.41) is 9.41. The molecule has 1 atom stereocenters. The van der Waals surface area contributed by atoms with Crippen molar-refractivity contribution in [1.82, 2.24) is 14.5 Å². The van der Waals surface area contributed by atoms with E-state index in [1.165, 1.54) is 12.4 Å². The number of halogens is 2. The summed E-state index contributed by atoms with van der Waals surface area (Å²) >= 11 is 0. The SMILES string of the molecule is CCC1(C(=O)O)CCCN(Cc2nccn2C(F)F)C1. The second kappa shape index (κ2) is 5.87. The van der Waals surface area contributed by atoms with Crippen LogP contribution in [0.3, 0.4) is 0 Å². The highest BCUT2D eigenvalue weighted by molar-refractivity contribution is 5.75. The minimum absolute atomic E-state index is 0.256. The van der Waals surface area contributed by atoms with Gasteiger partial charge in [0.15, 0.2) is 0 Å². The zero-order valence-corrected chi connectivity index (χ0v) is 11.4. The van der Waals surface area contributed by atoms with E-state index in [2.05, 4.69) is 4.98 Å². The number of carboxylic acid groups (broad SMARTS) is 1. The number of imidazole rings is 1. The number of likely N-dealkylation sites (tertiary alicyclic amines) is 1. The fraction of sp³-hybridized carbons (Fsp3) is 0.692. The van der Waals surface area contributed by atoms with Gasteiger partial charge < -0.3 is 5.11 Å². The third-order valence-corrected chi connectivity index (χ3v) is 4.11. The van der Waals surface area contributed by atoms with Crippen molar-refractivity contribution in [1.29, 1.82) is 0 Å². The van der Waals surface area contributed by atoms with Crippen LogP contribution in [0.25, 0.3) is 0 Å². The lowest BCUT2D eigenvalue weighted by Crippen LogP contribution is -2.47. The molecule has 1 fully saturated rings. The lowest BCUT2D eigenvalue weighted by Gasteiger charge is -2.39. The number of hydrogen-bond donors (Lipinski definition) is 1. The first-order valence-corrected chi connectivity index (χ1v) is 6.74. The summed E-state index contributed by atoms with van der Waals surface area (Å²) in [4.78, 5) is 17.3. The summed E-state index contributed by atoms with van der Waals surface area (Å²) in [6.45, 7) is 0.595. The van der Waals surface area contributed by atoms with Crippen LogP contribution in [0.15, 0.2) is 12.4 Å². The highest BCUT2D eigenvalue weighted by Gasteiger charge is 2.40. The van der Waals surface area contributed by atoms with Gasteiger partial charge >= 0.3 is 12.5 Å². The molecule has 0 spiro atoms. The molecule has 0 aromatic carbocycles. The number of carbonyl (C=O) groups is 1. The Labute approximate surface area is 116 Å². The molecule has 0 aliphatic carbocycles. The molecule has 1 N–H and O–H groups in total. The highest BCUT2D eigenvalue weighted by Crippen LogP contribution is 2.34. The predicted molar refractivity (Wildman–Crippen MR) is 68.4 cm³/mol. The van der Waals surface area contributed by atoms with Crippen molar-refractivity contribution in [3.8, 4) is 0 Å². The number of aliphatic carboxylic acids is 1. The molecule has 0 saturated carbocycles. The summed E-state index contributed by atoms with van der Waals surface area (Å²) in [7, 11) is 0. The maximum absolute atomic E-state index is 12.8.